The van der Waals surface area contributed by atoms with E-state index in [1.54, 1.807) is 24.3 Å². The van der Waals surface area contributed by atoms with Crippen LogP contribution in [0.5, 0.6) is 0 Å². The van der Waals surface area contributed by atoms with Gasteiger partial charge in [0.15, 0.2) is 0 Å². The van der Waals surface area contributed by atoms with Gasteiger partial charge in [0.1, 0.15) is 0 Å². The number of aromatic carboxylic acids is 1. The molecule has 20 heavy (non-hydrogen) atoms. The van der Waals surface area contributed by atoms with Gasteiger partial charge in [0, 0.05) is 22.7 Å². The van der Waals surface area contributed by atoms with E-state index >= 15 is 0 Å². The third kappa shape index (κ3) is 3.48. The number of nitrogens with zero attached hydrogens (tertiary/aromatic N) is 1. The van der Waals surface area contributed by atoms with Gasteiger partial charge in [0.25, 0.3) is 5.69 Å². The Kier molecular flexibility index (Phi) is 4.21. The van der Waals surface area contributed by atoms with E-state index in [4.69, 9.17) is 5.11 Å². The minimum absolute atomic E-state index is 0.0418. The third-order valence-corrected chi connectivity index (χ3v) is 3.31. The van der Waals surface area contributed by atoms with Crippen molar-refractivity contribution >= 4 is 29.3 Å². The SMILES string of the molecule is O=C(O)c1ccc(NSc2ccc([N+](=O)[O-])cc2)cc1. The van der Waals surface area contributed by atoms with E-state index in [1.807, 2.05) is 0 Å². The lowest BCUT2D eigenvalue weighted by Crippen LogP contribution is -1.95. The van der Waals surface area contributed by atoms with Gasteiger partial charge in [-0.05, 0) is 48.3 Å². The van der Waals surface area contributed by atoms with Gasteiger partial charge in [0.2, 0.25) is 0 Å². The largest absolute Gasteiger partial charge is 0.478 e. The summed E-state index contributed by atoms with van der Waals surface area (Å²) < 4.78 is 3.03. The second-order valence-electron chi connectivity index (χ2n) is 3.84. The average molecular weight is 290 g/mol. The van der Waals surface area contributed by atoms with E-state index in [0.717, 1.165) is 10.6 Å². The van der Waals surface area contributed by atoms with Gasteiger partial charge in [-0.3, -0.25) is 10.1 Å². The second-order valence-corrected chi connectivity index (χ2v) is 4.72. The van der Waals surface area contributed by atoms with Crippen LogP contribution >= 0.6 is 11.9 Å². The standard InChI is InChI=1S/C13H10N2O4S/c16-13(17)9-1-3-10(4-2-9)14-20-12-7-5-11(6-8-12)15(18)19/h1-8,14H,(H,16,17). The van der Waals surface area contributed by atoms with Gasteiger partial charge < -0.3 is 9.83 Å². The number of nitro benzene ring substituents is 1. The second kappa shape index (κ2) is 6.07. The van der Waals surface area contributed by atoms with E-state index in [2.05, 4.69) is 4.72 Å². The molecule has 0 bridgehead atoms. The molecule has 0 aliphatic carbocycles. The molecule has 0 aliphatic rings. The lowest BCUT2D eigenvalue weighted by atomic mass is 10.2. The summed E-state index contributed by atoms with van der Waals surface area (Å²) in [6, 6.07) is 12.4. The van der Waals surface area contributed by atoms with Crippen LogP contribution in [-0.4, -0.2) is 16.0 Å². The summed E-state index contributed by atoms with van der Waals surface area (Å²) in [6.45, 7) is 0. The zero-order valence-corrected chi connectivity index (χ0v) is 11.0. The molecule has 0 aliphatic heterocycles. The van der Waals surface area contributed by atoms with Crippen molar-refractivity contribution in [1.82, 2.24) is 0 Å². The first-order valence-corrected chi connectivity index (χ1v) is 6.38. The Hall–Kier alpha value is -2.54. The zero-order valence-electron chi connectivity index (χ0n) is 10.1. The van der Waals surface area contributed by atoms with Crippen LogP contribution in [0.15, 0.2) is 53.4 Å². The lowest BCUT2D eigenvalue weighted by molar-refractivity contribution is -0.384. The summed E-state index contributed by atoms with van der Waals surface area (Å²) in [4.78, 5) is 21.6. The van der Waals surface area contributed by atoms with Crippen LogP contribution in [0.2, 0.25) is 0 Å². The first-order chi connectivity index (χ1) is 9.56. The number of benzene rings is 2. The molecule has 0 heterocycles. The molecule has 2 aromatic rings. The summed E-state index contributed by atoms with van der Waals surface area (Å²) in [5.41, 5.74) is 1.01. The molecule has 6 nitrogen and oxygen atoms in total. The topological polar surface area (TPSA) is 92.5 Å². The smallest absolute Gasteiger partial charge is 0.335 e. The summed E-state index contributed by atoms with van der Waals surface area (Å²) in [6.07, 6.45) is 0. The van der Waals surface area contributed by atoms with Crippen LogP contribution in [0.4, 0.5) is 11.4 Å². The molecule has 102 valence electrons. The number of rotatable bonds is 5. The maximum atomic E-state index is 10.7. The molecular weight excluding hydrogens is 280 g/mol. The predicted molar refractivity (Wildman–Crippen MR) is 76.0 cm³/mol. The van der Waals surface area contributed by atoms with Crippen molar-refractivity contribution < 1.29 is 14.8 Å². The van der Waals surface area contributed by atoms with Crippen molar-refractivity contribution in [3.63, 3.8) is 0 Å². The Bertz CT molecular complexity index is 568. The maximum absolute atomic E-state index is 10.7. The number of carbonyl (C=O) groups is 1. The monoisotopic (exact) mass is 290 g/mol. The van der Waals surface area contributed by atoms with Crippen molar-refractivity contribution in [2.24, 2.45) is 0 Å². The maximum Gasteiger partial charge on any atom is 0.335 e. The van der Waals surface area contributed by atoms with Crippen molar-refractivity contribution in [1.29, 1.82) is 0 Å². The molecule has 0 aromatic heterocycles. The van der Waals surface area contributed by atoms with Gasteiger partial charge in [-0.1, -0.05) is 0 Å². The fourth-order valence-corrected chi connectivity index (χ4v) is 2.08. The number of carboxylic acid groups (broad SMARTS) is 1. The molecule has 0 fully saturated rings. The summed E-state index contributed by atoms with van der Waals surface area (Å²) in [7, 11) is 0. The number of carboxylic acids is 1. The van der Waals surface area contributed by atoms with Gasteiger partial charge in [-0.25, -0.2) is 4.79 Å². The molecule has 2 aromatic carbocycles. The third-order valence-electron chi connectivity index (χ3n) is 2.47. The Morgan fingerprint density at radius 3 is 2.20 bits per heavy atom. The highest BCUT2D eigenvalue weighted by Crippen LogP contribution is 2.23. The van der Waals surface area contributed by atoms with Crippen LogP contribution in [0.3, 0.4) is 0 Å². The molecule has 0 saturated carbocycles. The molecular formula is C13H10N2O4S. The van der Waals surface area contributed by atoms with Gasteiger partial charge in [-0.2, -0.15) is 0 Å². The van der Waals surface area contributed by atoms with Gasteiger partial charge in [0.05, 0.1) is 10.5 Å². The Morgan fingerprint density at radius 1 is 1.10 bits per heavy atom. The van der Waals surface area contributed by atoms with E-state index in [-0.39, 0.29) is 11.3 Å². The number of non-ortho nitro benzene ring substituents is 1. The Labute approximate surface area is 118 Å². The quantitative estimate of drug-likeness (QED) is 0.498. The van der Waals surface area contributed by atoms with Gasteiger partial charge >= 0.3 is 5.97 Å². The van der Waals surface area contributed by atoms with Crippen molar-refractivity contribution in [3.05, 3.63) is 64.2 Å². The minimum Gasteiger partial charge on any atom is -0.478 e. The van der Waals surface area contributed by atoms with Crippen LogP contribution < -0.4 is 4.72 Å². The highest BCUT2D eigenvalue weighted by atomic mass is 32.2. The number of nitrogens with one attached hydrogen (secondary N) is 1. The fourth-order valence-electron chi connectivity index (χ4n) is 1.43. The molecule has 2 N–H and O–H groups in total. The summed E-state index contributed by atoms with van der Waals surface area (Å²) in [5, 5.41) is 19.3. The van der Waals surface area contributed by atoms with E-state index in [1.165, 1.54) is 36.2 Å². The molecule has 0 amide bonds. The average Bonchev–Trinajstić information content (AvgIpc) is 2.46. The summed E-state index contributed by atoms with van der Waals surface area (Å²) >= 11 is 1.29. The predicted octanol–water partition coefficient (Wildman–Crippen LogP) is 3.41. The Morgan fingerprint density at radius 2 is 1.70 bits per heavy atom. The molecule has 0 spiro atoms. The van der Waals surface area contributed by atoms with E-state index in [9.17, 15) is 14.9 Å². The number of nitro groups is 1. The molecule has 2 rings (SSSR count). The molecule has 7 heteroatoms. The van der Waals surface area contributed by atoms with Crippen molar-refractivity contribution in [2.75, 3.05) is 4.72 Å². The molecule has 0 radical (unpaired) electrons. The van der Waals surface area contributed by atoms with Crippen LogP contribution in [0.25, 0.3) is 0 Å². The highest BCUT2D eigenvalue weighted by molar-refractivity contribution is 8.00. The lowest BCUT2D eigenvalue weighted by Gasteiger charge is -2.05. The van der Waals surface area contributed by atoms with E-state index < -0.39 is 10.9 Å². The fraction of sp³-hybridized carbons (Fsp3) is 0. The van der Waals surface area contributed by atoms with Crippen molar-refractivity contribution in [2.45, 2.75) is 4.90 Å². The van der Waals surface area contributed by atoms with Crippen LogP contribution in [0, 0.1) is 10.1 Å². The normalized spacial score (nSPS) is 10.0. The van der Waals surface area contributed by atoms with Crippen LogP contribution in [0.1, 0.15) is 10.4 Å². The van der Waals surface area contributed by atoms with E-state index in [0.29, 0.717) is 0 Å². The van der Waals surface area contributed by atoms with Crippen molar-refractivity contribution in [3.8, 4) is 0 Å². The first-order valence-electron chi connectivity index (χ1n) is 5.57. The van der Waals surface area contributed by atoms with Crippen LogP contribution in [-0.2, 0) is 0 Å². The minimum atomic E-state index is -0.973. The highest BCUT2D eigenvalue weighted by Gasteiger charge is 2.05. The number of hydrogen-bond donors (Lipinski definition) is 2. The number of hydrogen-bond acceptors (Lipinski definition) is 5. The number of anilines is 1. The zero-order chi connectivity index (χ0) is 14.5. The molecule has 0 unspecified atom stereocenters. The van der Waals surface area contributed by atoms with Gasteiger partial charge in [-0.15, -0.1) is 0 Å². The molecule has 0 atom stereocenters. The molecule has 0 saturated heterocycles. The first kappa shape index (κ1) is 13.9. The Balaban J connectivity index is 1.97. The summed E-state index contributed by atoms with van der Waals surface area (Å²) in [5.74, 6) is -0.973.